The van der Waals surface area contributed by atoms with Crippen LogP contribution < -0.4 is 11.2 Å². The van der Waals surface area contributed by atoms with Gasteiger partial charge in [-0.3, -0.25) is 0 Å². The fourth-order valence-electron chi connectivity index (χ4n) is 0.938. The van der Waals surface area contributed by atoms with Crippen LogP contribution in [0.15, 0.2) is 28.3 Å². The number of aliphatic imine (C=N–C) groups is 1. The molecule has 1 rings (SSSR count). The largest absolute Gasteiger partial charge is 0.368 e. The molecular weight excluding hydrogens is 259 g/mol. The topological polar surface area (TPSA) is 62.8 Å². The maximum absolute atomic E-state index is 5.94. The van der Waals surface area contributed by atoms with Gasteiger partial charge in [0.05, 0.1) is 16.3 Å². The zero-order chi connectivity index (χ0) is 12.7. The highest BCUT2D eigenvalue weighted by Crippen LogP contribution is 2.21. The molecule has 0 atom stereocenters. The summed E-state index contributed by atoms with van der Waals surface area (Å²) < 4.78 is 0. The minimum Gasteiger partial charge on any atom is -0.368 e. The van der Waals surface area contributed by atoms with Gasteiger partial charge >= 0.3 is 0 Å². The summed E-state index contributed by atoms with van der Waals surface area (Å²) >= 11 is 11.9. The van der Waals surface area contributed by atoms with Gasteiger partial charge in [0.1, 0.15) is 0 Å². The minimum atomic E-state index is 0.0961. The van der Waals surface area contributed by atoms with Crippen LogP contribution in [0.4, 0.5) is 0 Å². The third-order valence-electron chi connectivity index (χ3n) is 1.66. The molecule has 0 radical (unpaired) electrons. The Kier molecular flexibility index (Phi) is 5.34. The monoisotopic (exact) mass is 268 g/mol. The van der Waals surface area contributed by atoms with Crippen molar-refractivity contribution >= 4 is 35.4 Å². The average molecular weight is 269 g/mol. The van der Waals surface area contributed by atoms with Crippen molar-refractivity contribution in [1.29, 1.82) is 0 Å². The van der Waals surface area contributed by atoms with E-state index in [0.717, 1.165) is 0 Å². The quantitative estimate of drug-likeness (QED) is 0.374. The number of hydrogen-bond donors (Lipinski definition) is 2. The van der Waals surface area contributed by atoms with Gasteiger partial charge in [-0.15, -0.1) is 0 Å². The number of halogens is 2. The van der Waals surface area contributed by atoms with E-state index >= 15 is 0 Å². The second kappa shape index (κ2) is 6.79. The number of rotatable bonds is 2. The summed E-state index contributed by atoms with van der Waals surface area (Å²) in [6, 6.07) is 7.63. The van der Waals surface area contributed by atoms with E-state index in [9.17, 15) is 0 Å². The molecule has 4 nitrogen and oxygen atoms in total. The van der Waals surface area contributed by atoms with Crippen molar-refractivity contribution < 1.29 is 0 Å². The van der Waals surface area contributed by atoms with E-state index < -0.39 is 0 Å². The Morgan fingerprint density at radius 2 is 2.06 bits per heavy atom. The molecule has 6 heteroatoms. The Bertz CT molecular complexity index is 492. The van der Waals surface area contributed by atoms with Crippen LogP contribution in [0.25, 0.3) is 0 Å². The molecule has 0 fully saturated rings. The summed E-state index contributed by atoms with van der Waals surface area (Å²) in [5, 5.41) is 4.86. The molecule has 1 aromatic carbocycles. The van der Waals surface area contributed by atoms with Crippen molar-refractivity contribution in [2.24, 2.45) is 15.8 Å². The van der Waals surface area contributed by atoms with Crippen molar-refractivity contribution in [2.75, 3.05) is 0 Å². The molecule has 0 spiro atoms. The van der Waals surface area contributed by atoms with Crippen LogP contribution in [0.2, 0.25) is 10.0 Å². The van der Waals surface area contributed by atoms with E-state index in [1.54, 1.807) is 25.1 Å². The number of guanidine groups is 1. The fraction of sp³-hybridized carbons (Fsp3) is 0.0909. The van der Waals surface area contributed by atoms with E-state index in [-0.39, 0.29) is 5.96 Å². The van der Waals surface area contributed by atoms with Gasteiger partial charge in [-0.1, -0.05) is 35.2 Å². The zero-order valence-corrected chi connectivity index (χ0v) is 10.5. The fourth-order valence-corrected chi connectivity index (χ4v) is 1.43. The van der Waals surface area contributed by atoms with E-state index in [2.05, 4.69) is 27.5 Å². The van der Waals surface area contributed by atoms with E-state index in [4.69, 9.17) is 28.9 Å². The summed E-state index contributed by atoms with van der Waals surface area (Å²) in [5.74, 6) is 2.67. The summed E-state index contributed by atoms with van der Waals surface area (Å²) in [7, 11) is 0. The van der Waals surface area contributed by atoms with Gasteiger partial charge in [-0.05, 0) is 19.1 Å². The molecule has 0 saturated heterocycles. The van der Waals surface area contributed by atoms with E-state index in [1.807, 2.05) is 0 Å². The Balaban J connectivity index is 2.74. The van der Waals surface area contributed by atoms with Gasteiger partial charge in [-0.2, -0.15) is 10.1 Å². The summed E-state index contributed by atoms with van der Waals surface area (Å²) in [6.07, 6.45) is 1.46. The first-order chi connectivity index (χ1) is 8.15. The lowest BCUT2D eigenvalue weighted by atomic mass is 10.2. The van der Waals surface area contributed by atoms with Crippen LogP contribution in [0.5, 0.6) is 0 Å². The van der Waals surface area contributed by atoms with E-state index in [0.29, 0.717) is 15.6 Å². The average Bonchev–Trinajstić information content (AvgIpc) is 2.30. The number of hydrazone groups is 1. The van der Waals surface area contributed by atoms with Crippen LogP contribution in [0.1, 0.15) is 12.5 Å². The molecule has 1 aromatic rings. The number of nitrogens with two attached hydrogens (primary N) is 1. The molecule has 0 aromatic heterocycles. The highest BCUT2D eigenvalue weighted by atomic mass is 35.5. The molecule has 0 bridgehead atoms. The molecule has 0 aliphatic heterocycles. The lowest BCUT2D eigenvalue weighted by Crippen LogP contribution is -2.26. The Morgan fingerprint density at radius 3 is 2.65 bits per heavy atom. The maximum atomic E-state index is 5.94. The van der Waals surface area contributed by atoms with Crippen molar-refractivity contribution in [1.82, 2.24) is 5.43 Å². The Hall–Kier alpha value is -1.70. The molecule has 88 valence electrons. The molecule has 0 aliphatic rings. The smallest absolute Gasteiger partial charge is 0.223 e. The highest BCUT2D eigenvalue weighted by molar-refractivity contribution is 6.38. The van der Waals surface area contributed by atoms with Crippen LogP contribution in [0, 0.1) is 12.0 Å². The maximum Gasteiger partial charge on any atom is 0.223 e. The van der Waals surface area contributed by atoms with Gasteiger partial charge in [0.25, 0.3) is 0 Å². The van der Waals surface area contributed by atoms with Crippen molar-refractivity contribution in [3.8, 4) is 12.0 Å². The molecular formula is C11H10Cl2N4. The number of hydrogen-bond acceptors (Lipinski definition) is 2. The molecule has 3 N–H and O–H groups in total. The SMILES string of the molecule is CC#CN=C(N)NN=Cc1c(Cl)cccc1Cl. The summed E-state index contributed by atoms with van der Waals surface area (Å²) in [5.41, 5.74) is 8.56. The number of nitrogens with one attached hydrogen (secondary N) is 1. The zero-order valence-electron chi connectivity index (χ0n) is 9.04. The van der Waals surface area contributed by atoms with Gasteiger partial charge in [-0.25, -0.2) is 5.43 Å². The standard InChI is InChI=1S/C11H10Cl2N4/c1-2-6-15-11(14)17-16-7-8-9(12)4-3-5-10(8)13/h3-5,7H,1H3,(H3,14,15,17). The first kappa shape index (κ1) is 13.4. The highest BCUT2D eigenvalue weighted by Gasteiger charge is 2.01. The van der Waals surface area contributed by atoms with Crippen LogP contribution in [-0.2, 0) is 0 Å². The number of benzene rings is 1. The lowest BCUT2D eigenvalue weighted by molar-refractivity contribution is 1.02. The second-order valence-corrected chi connectivity index (χ2v) is 3.68. The molecule has 0 saturated carbocycles. The first-order valence-corrected chi connectivity index (χ1v) is 5.38. The Labute approximate surface area is 110 Å². The molecule has 0 heterocycles. The minimum absolute atomic E-state index is 0.0961. The van der Waals surface area contributed by atoms with Gasteiger partial charge in [0, 0.05) is 11.6 Å². The molecule has 17 heavy (non-hydrogen) atoms. The Morgan fingerprint density at radius 1 is 1.41 bits per heavy atom. The predicted molar refractivity (Wildman–Crippen MR) is 72.3 cm³/mol. The van der Waals surface area contributed by atoms with Crippen LogP contribution in [-0.4, -0.2) is 12.2 Å². The van der Waals surface area contributed by atoms with Crippen molar-refractivity contribution in [3.63, 3.8) is 0 Å². The molecule has 0 unspecified atom stereocenters. The first-order valence-electron chi connectivity index (χ1n) is 4.63. The van der Waals surface area contributed by atoms with Crippen LogP contribution in [0.3, 0.4) is 0 Å². The van der Waals surface area contributed by atoms with Gasteiger partial charge < -0.3 is 5.73 Å². The van der Waals surface area contributed by atoms with Gasteiger partial charge in [0.2, 0.25) is 5.96 Å². The molecule has 0 aliphatic carbocycles. The van der Waals surface area contributed by atoms with Crippen LogP contribution >= 0.6 is 23.2 Å². The summed E-state index contributed by atoms with van der Waals surface area (Å²) in [6.45, 7) is 1.66. The van der Waals surface area contributed by atoms with Gasteiger partial charge in [0.15, 0.2) is 0 Å². The lowest BCUT2D eigenvalue weighted by Gasteiger charge is -2.00. The van der Waals surface area contributed by atoms with E-state index in [1.165, 1.54) is 6.21 Å². The normalized spacial score (nSPS) is 11.1. The number of nitrogens with zero attached hydrogens (tertiary/aromatic N) is 2. The van der Waals surface area contributed by atoms with Crippen molar-refractivity contribution in [3.05, 3.63) is 33.8 Å². The predicted octanol–water partition coefficient (Wildman–Crippen LogP) is 2.21. The summed E-state index contributed by atoms with van der Waals surface area (Å²) in [4.78, 5) is 3.66. The third kappa shape index (κ3) is 4.35. The molecule has 0 amide bonds. The third-order valence-corrected chi connectivity index (χ3v) is 2.32. The van der Waals surface area contributed by atoms with Crippen molar-refractivity contribution in [2.45, 2.75) is 6.92 Å². The second-order valence-electron chi connectivity index (χ2n) is 2.86.